The van der Waals surface area contributed by atoms with Gasteiger partial charge in [-0.3, -0.25) is 9.69 Å². The highest BCUT2D eigenvalue weighted by Crippen LogP contribution is 2.33. The van der Waals surface area contributed by atoms with Gasteiger partial charge in [-0.15, -0.1) is 0 Å². The van der Waals surface area contributed by atoms with Crippen molar-refractivity contribution < 1.29 is 38.4 Å². The summed E-state index contributed by atoms with van der Waals surface area (Å²) in [4.78, 5) is 31.2. The number of carbonyl (C=O) groups excluding carboxylic acids is 2. The molecule has 3 aromatic rings. The van der Waals surface area contributed by atoms with Crippen molar-refractivity contribution in [3.8, 4) is 23.0 Å². The van der Waals surface area contributed by atoms with E-state index in [2.05, 4.69) is 29.5 Å². The Kier molecular flexibility index (Phi) is 12.8. The fraction of sp³-hybridized carbons (Fsp3) is 0.474. The third-order valence-corrected chi connectivity index (χ3v) is 9.04. The van der Waals surface area contributed by atoms with Gasteiger partial charge in [-0.05, 0) is 100 Å². The second-order valence-corrected chi connectivity index (χ2v) is 13.2. The quantitative estimate of drug-likeness (QED) is 0.248. The number of aliphatic hydroxyl groups excluding tert-OH is 1. The Balaban J connectivity index is 1.35. The predicted octanol–water partition coefficient (Wildman–Crippen LogP) is 6.00. The zero-order chi connectivity index (χ0) is 35.6. The number of hydrogen-bond donors (Lipinski definition) is 3. The van der Waals surface area contributed by atoms with E-state index < -0.39 is 12.1 Å². The highest BCUT2D eigenvalue weighted by Gasteiger charge is 2.30. The van der Waals surface area contributed by atoms with E-state index in [4.69, 9.17) is 23.7 Å². The van der Waals surface area contributed by atoms with Crippen molar-refractivity contribution in [2.75, 3.05) is 57.9 Å². The number of aliphatic hydroxyl groups is 1. The van der Waals surface area contributed by atoms with Gasteiger partial charge in [0.05, 0.1) is 37.5 Å². The monoisotopic (exact) mass is 690 g/mol. The Morgan fingerprint density at radius 2 is 1.72 bits per heavy atom. The summed E-state index contributed by atoms with van der Waals surface area (Å²) in [5, 5.41) is 15.9. The minimum Gasteiger partial charge on any atom is -0.497 e. The van der Waals surface area contributed by atoms with Crippen molar-refractivity contribution in [2.45, 2.75) is 64.8 Å². The number of nitrogens with zero attached hydrogens (tertiary/aromatic N) is 2. The van der Waals surface area contributed by atoms with Gasteiger partial charge in [0.25, 0.3) is 5.91 Å². The summed E-state index contributed by atoms with van der Waals surface area (Å²) in [6.07, 6.45) is 2.21. The minimum absolute atomic E-state index is 0.0741. The minimum atomic E-state index is -0.481. The molecule has 0 fully saturated rings. The molecule has 50 heavy (non-hydrogen) atoms. The Bertz CT molecular complexity index is 1590. The lowest BCUT2D eigenvalue weighted by Gasteiger charge is -2.36. The highest BCUT2D eigenvalue weighted by atomic mass is 16.7. The van der Waals surface area contributed by atoms with E-state index in [0.717, 1.165) is 36.3 Å². The molecule has 0 saturated carbocycles. The summed E-state index contributed by atoms with van der Waals surface area (Å²) in [5.41, 5.74) is 2.42. The lowest BCUT2D eigenvalue weighted by atomic mass is 10.0. The number of rotatable bonds is 9. The van der Waals surface area contributed by atoms with Gasteiger partial charge in [0.2, 0.25) is 6.79 Å². The molecule has 12 heteroatoms. The van der Waals surface area contributed by atoms with Crippen LogP contribution in [0, 0.1) is 5.92 Å². The molecule has 0 aromatic heterocycles. The van der Waals surface area contributed by atoms with Crippen molar-refractivity contribution >= 4 is 23.3 Å². The van der Waals surface area contributed by atoms with Gasteiger partial charge >= 0.3 is 6.03 Å². The van der Waals surface area contributed by atoms with Gasteiger partial charge in [0.15, 0.2) is 11.5 Å². The number of anilines is 2. The lowest BCUT2D eigenvalue weighted by Crippen LogP contribution is -2.47. The first-order chi connectivity index (χ1) is 24.1. The predicted molar refractivity (Wildman–Crippen MR) is 191 cm³/mol. The summed E-state index contributed by atoms with van der Waals surface area (Å²) in [6, 6.07) is 17.1. The Morgan fingerprint density at radius 3 is 2.48 bits per heavy atom. The van der Waals surface area contributed by atoms with Crippen LogP contribution < -0.4 is 29.6 Å². The zero-order valence-electron chi connectivity index (χ0n) is 29.6. The molecule has 0 unspecified atom stereocenters. The van der Waals surface area contributed by atoms with Crippen LogP contribution in [0.3, 0.4) is 0 Å². The first-order valence-electron chi connectivity index (χ1n) is 17.3. The maximum absolute atomic E-state index is 14.4. The second-order valence-electron chi connectivity index (χ2n) is 13.2. The van der Waals surface area contributed by atoms with E-state index in [-0.39, 0.29) is 37.4 Å². The fourth-order valence-corrected chi connectivity index (χ4v) is 6.15. The van der Waals surface area contributed by atoms with Crippen LogP contribution in [-0.4, -0.2) is 92.3 Å². The average molecular weight is 691 g/mol. The normalized spacial score (nSPS) is 20.3. The molecule has 12 nitrogen and oxygen atoms in total. The van der Waals surface area contributed by atoms with Gasteiger partial charge < -0.3 is 44.3 Å². The van der Waals surface area contributed by atoms with Gasteiger partial charge in [-0.2, -0.15) is 0 Å². The molecule has 2 heterocycles. The first kappa shape index (κ1) is 36.8. The SMILES string of the molecule is COc1ccc(NC(=O)Nc2ccc3c(c2)C(=O)N([C@@H](C)CO)C[C@H](C)[C@@H](CN(C)Cc2ccc4c(c2)OCO4)OCCCC[C@@H](C)O3)cc1. The van der Waals surface area contributed by atoms with Crippen molar-refractivity contribution in [1.82, 2.24) is 9.80 Å². The Labute approximate surface area is 294 Å². The van der Waals surface area contributed by atoms with Crippen LogP contribution in [-0.2, 0) is 11.3 Å². The molecular weight excluding hydrogens is 640 g/mol. The number of ether oxygens (including phenoxy) is 5. The average Bonchev–Trinajstić information content (AvgIpc) is 3.58. The van der Waals surface area contributed by atoms with Crippen molar-refractivity contribution in [3.05, 3.63) is 71.8 Å². The number of likely N-dealkylation sites (N-methyl/N-ethyl adjacent to an activating group) is 1. The third kappa shape index (κ3) is 9.80. The number of nitrogens with one attached hydrogen (secondary N) is 2. The zero-order valence-corrected chi connectivity index (χ0v) is 29.6. The molecule has 0 aliphatic carbocycles. The molecule has 0 saturated heterocycles. The van der Waals surface area contributed by atoms with Gasteiger partial charge in [0.1, 0.15) is 11.5 Å². The molecule has 2 aliphatic heterocycles. The number of fused-ring (bicyclic) bond motifs is 2. The Hall–Kier alpha value is -4.52. The molecule has 3 aromatic carbocycles. The molecule has 3 N–H and O–H groups in total. The maximum Gasteiger partial charge on any atom is 0.323 e. The summed E-state index contributed by atoms with van der Waals surface area (Å²) < 4.78 is 29.1. The molecule has 3 amide bonds. The summed E-state index contributed by atoms with van der Waals surface area (Å²) in [7, 11) is 3.63. The van der Waals surface area contributed by atoms with Crippen LogP contribution in [0.5, 0.6) is 23.0 Å². The molecule has 0 radical (unpaired) electrons. The molecule has 270 valence electrons. The van der Waals surface area contributed by atoms with Crippen LogP contribution in [0.1, 0.15) is 56.0 Å². The van der Waals surface area contributed by atoms with Crippen molar-refractivity contribution in [1.29, 1.82) is 0 Å². The van der Waals surface area contributed by atoms with Crippen LogP contribution in [0.2, 0.25) is 0 Å². The molecule has 0 spiro atoms. The van der Waals surface area contributed by atoms with Gasteiger partial charge in [0, 0.05) is 43.5 Å². The molecular formula is C38H50N4O8. The number of benzene rings is 3. The standard InChI is InChI=1S/C38H50N4O8/c1-25-20-42(26(2)23-43)37(44)32-19-30(40-38(45)39-29-10-13-31(46-5)14-11-29)12-16-33(32)50-27(3)8-6-7-17-47-36(25)22-41(4)21-28-9-15-34-35(18-28)49-24-48-34/h9-16,18-19,25-27,36,43H,6-8,17,20-24H2,1-5H3,(H2,39,40,45)/t25-,26-,27+,36+/m0/s1. The van der Waals surface area contributed by atoms with E-state index in [0.29, 0.717) is 54.7 Å². The van der Waals surface area contributed by atoms with Crippen molar-refractivity contribution in [2.24, 2.45) is 5.92 Å². The molecule has 4 atom stereocenters. The van der Waals surface area contributed by atoms with Crippen molar-refractivity contribution in [3.63, 3.8) is 0 Å². The summed E-state index contributed by atoms with van der Waals surface area (Å²) >= 11 is 0. The second kappa shape index (κ2) is 17.4. The van der Waals surface area contributed by atoms with E-state index in [9.17, 15) is 14.7 Å². The van der Waals surface area contributed by atoms with Crippen LogP contribution in [0.25, 0.3) is 0 Å². The summed E-state index contributed by atoms with van der Waals surface area (Å²) in [6.45, 7) is 8.15. The summed E-state index contributed by atoms with van der Waals surface area (Å²) in [5.74, 6) is 2.24. The van der Waals surface area contributed by atoms with Crippen LogP contribution >= 0.6 is 0 Å². The molecule has 5 rings (SSSR count). The largest absolute Gasteiger partial charge is 0.497 e. The third-order valence-electron chi connectivity index (χ3n) is 9.04. The Morgan fingerprint density at radius 1 is 1.00 bits per heavy atom. The van der Waals surface area contributed by atoms with Gasteiger partial charge in [-0.1, -0.05) is 13.0 Å². The first-order valence-corrected chi connectivity index (χ1v) is 17.3. The van der Waals surface area contributed by atoms with E-state index >= 15 is 0 Å². The topological polar surface area (TPSA) is 131 Å². The van der Waals surface area contributed by atoms with E-state index in [1.807, 2.05) is 32.0 Å². The van der Waals surface area contributed by atoms with Crippen LogP contribution in [0.15, 0.2) is 60.7 Å². The number of hydrogen-bond acceptors (Lipinski definition) is 9. The molecule has 2 aliphatic rings. The number of urea groups is 1. The smallest absolute Gasteiger partial charge is 0.323 e. The van der Waals surface area contributed by atoms with E-state index in [1.54, 1.807) is 54.5 Å². The number of amides is 3. The maximum atomic E-state index is 14.4. The highest BCUT2D eigenvalue weighted by molar-refractivity contribution is 6.02. The number of methoxy groups -OCH3 is 1. The van der Waals surface area contributed by atoms with E-state index in [1.165, 1.54) is 0 Å². The molecule has 0 bridgehead atoms. The van der Waals surface area contributed by atoms with Crippen LogP contribution in [0.4, 0.5) is 16.2 Å². The fourth-order valence-electron chi connectivity index (χ4n) is 6.15. The lowest BCUT2D eigenvalue weighted by molar-refractivity contribution is -0.0177. The van der Waals surface area contributed by atoms with Gasteiger partial charge in [-0.25, -0.2) is 4.79 Å². The number of carbonyl (C=O) groups is 2.